The van der Waals surface area contributed by atoms with E-state index in [1.54, 1.807) is 0 Å². The van der Waals surface area contributed by atoms with E-state index in [2.05, 4.69) is 39.8 Å². The number of rotatable bonds is 8. The van der Waals surface area contributed by atoms with Crippen LogP contribution in [0.25, 0.3) is 10.9 Å². The normalized spacial score (nSPS) is 18.8. The van der Waals surface area contributed by atoms with Crippen LogP contribution >= 0.6 is 11.6 Å². The second-order valence-corrected chi connectivity index (χ2v) is 9.10. The van der Waals surface area contributed by atoms with Crippen LogP contribution in [0, 0.1) is 0 Å². The molecule has 0 bridgehead atoms. The summed E-state index contributed by atoms with van der Waals surface area (Å²) in [4.78, 5) is 11.6. The lowest BCUT2D eigenvalue weighted by Crippen LogP contribution is -2.37. The summed E-state index contributed by atoms with van der Waals surface area (Å²) in [5, 5.41) is 9.23. The SMILES string of the molecule is CN(C)c1nc(NC2CCC(NCCCc3ccc(Cl)cc3)CC2)nc2ccccc12. The fourth-order valence-corrected chi connectivity index (χ4v) is 4.47. The van der Waals surface area contributed by atoms with Gasteiger partial charge < -0.3 is 15.5 Å². The minimum absolute atomic E-state index is 0.434. The lowest BCUT2D eigenvalue weighted by Gasteiger charge is -2.30. The van der Waals surface area contributed by atoms with Crippen molar-refractivity contribution in [1.82, 2.24) is 15.3 Å². The molecule has 164 valence electrons. The molecule has 1 aliphatic rings. The highest BCUT2D eigenvalue weighted by Gasteiger charge is 2.21. The van der Waals surface area contributed by atoms with Gasteiger partial charge in [-0.2, -0.15) is 4.98 Å². The van der Waals surface area contributed by atoms with E-state index in [1.165, 1.54) is 18.4 Å². The first kappa shape index (κ1) is 21.8. The summed E-state index contributed by atoms with van der Waals surface area (Å²) in [6.45, 7) is 1.06. The van der Waals surface area contributed by atoms with Crippen LogP contribution in [0.5, 0.6) is 0 Å². The predicted octanol–water partition coefficient (Wildman–Crippen LogP) is 5.29. The molecule has 0 spiro atoms. The van der Waals surface area contributed by atoms with Gasteiger partial charge in [-0.05, 0) is 74.9 Å². The molecule has 0 radical (unpaired) electrons. The average Bonchev–Trinajstić information content (AvgIpc) is 2.78. The van der Waals surface area contributed by atoms with E-state index in [-0.39, 0.29) is 0 Å². The molecule has 4 rings (SSSR count). The van der Waals surface area contributed by atoms with E-state index >= 15 is 0 Å². The third kappa shape index (κ3) is 5.86. The van der Waals surface area contributed by atoms with Gasteiger partial charge in [0.05, 0.1) is 5.52 Å². The molecule has 1 aromatic heterocycles. The van der Waals surface area contributed by atoms with E-state index in [4.69, 9.17) is 21.6 Å². The van der Waals surface area contributed by atoms with Crippen LogP contribution in [-0.4, -0.2) is 42.7 Å². The Morgan fingerprint density at radius 2 is 1.65 bits per heavy atom. The number of nitrogens with zero attached hydrogens (tertiary/aromatic N) is 3. The molecule has 1 aliphatic carbocycles. The Morgan fingerprint density at radius 3 is 2.39 bits per heavy atom. The molecule has 0 amide bonds. The number of nitrogens with one attached hydrogen (secondary N) is 2. The predicted molar refractivity (Wildman–Crippen MR) is 131 cm³/mol. The lowest BCUT2D eigenvalue weighted by molar-refractivity contribution is 0.352. The number of aryl methyl sites for hydroxylation is 1. The van der Waals surface area contributed by atoms with Gasteiger partial charge in [-0.15, -0.1) is 0 Å². The monoisotopic (exact) mass is 437 g/mol. The third-order valence-corrected chi connectivity index (χ3v) is 6.31. The van der Waals surface area contributed by atoms with Gasteiger partial charge in [-0.25, -0.2) is 4.98 Å². The van der Waals surface area contributed by atoms with Crippen LogP contribution < -0.4 is 15.5 Å². The molecule has 6 heteroatoms. The number of halogens is 1. The molecule has 0 atom stereocenters. The Morgan fingerprint density at radius 1 is 0.935 bits per heavy atom. The molecule has 0 aliphatic heterocycles. The molecule has 2 N–H and O–H groups in total. The topological polar surface area (TPSA) is 53.1 Å². The Bertz CT molecular complexity index is 981. The first-order valence-electron chi connectivity index (χ1n) is 11.3. The maximum absolute atomic E-state index is 5.96. The van der Waals surface area contributed by atoms with Crippen molar-refractivity contribution in [2.24, 2.45) is 0 Å². The van der Waals surface area contributed by atoms with Crippen LogP contribution in [0.4, 0.5) is 11.8 Å². The van der Waals surface area contributed by atoms with Gasteiger partial charge in [0.2, 0.25) is 5.95 Å². The highest BCUT2D eigenvalue weighted by atomic mass is 35.5. The fourth-order valence-electron chi connectivity index (χ4n) is 4.34. The van der Waals surface area contributed by atoms with Crippen molar-refractivity contribution in [2.45, 2.75) is 50.6 Å². The van der Waals surface area contributed by atoms with E-state index in [1.807, 2.05) is 38.4 Å². The zero-order chi connectivity index (χ0) is 21.6. The first-order valence-corrected chi connectivity index (χ1v) is 11.6. The molecule has 5 nitrogen and oxygen atoms in total. The molecule has 0 unspecified atom stereocenters. The smallest absolute Gasteiger partial charge is 0.225 e. The van der Waals surface area contributed by atoms with E-state index in [0.29, 0.717) is 12.1 Å². The molecule has 1 saturated carbocycles. The van der Waals surface area contributed by atoms with Gasteiger partial charge in [0.25, 0.3) is 0 Å². The van der Waals surface area contributed by atoms with Crippen LogP contribution in [0.1, 0.15) is 37.7 Å². The van der Waals surface area contributed by atoms with Crippen LogP contribution in [-0.2, 0) is 6.42 Å². The second-order valence-electron chi connectivity index (χ2n) is 8.66. The van der Waals surface area contributed by atoms with Crippen molar-refractivity contribution in [3.63, 3.8) is 0 Å². The highest BCUT2D eigenvalue weighted by molar-refractivity contribution is 6.30. The first-order chi connectivity index (χ1) is 15.1. The largest absolute Gasteiger partial charge is 0.362 e. The summed E-state index contributed by atoms with van der Waals surface area (Å²) >= 11 is 5.96. The number of aromatic nitrogens is 2. The Balaban J connectivity index is 1.24. The summed E-state index contributed by atoms with van der Waals surface area (Å²) in [5.74, 6) is 1.70. The molecule has 1 fully saturated rings. The number of benzene rings is 2. The van der Waals surface area contributed by atoms with Crippen molar-refractivity contribution in [1.29, 1.82) is 0 Å². The average molecular weight is 438 g/mol. The van der Waals surface area contributed by atoms with Gasteiger partial charge in [0, 0.05) is 36.6 Å². The number of anilines is 2. The van der Waals surface area contributed by atoms with Gasteiger partial charge in [-0.3, -0.25) is 0 Å². The summed E-state index contributed by atoms with van der Waals surface area (Å²) < 4.78 is 0. The maximum Gasteiger partial charge on any atom is 0.225 e. The number of hydrogen-bond acceptors (Lipinski definition) is 5. The van der Waals surface area contributed by atoms with E-state index in [0.717, 1.165) is 59.9 Å². The minimum Gasteiger partial charge on any atom is -0.362 e. The third-order valence-electron chi connectivity index (χ3n) is 6.06. The van der Waals surface area contributed by atoms with Crippen LogP contribution in [0.3, 0.4) is 0 Å². The minimum atomic E-state index is 0.434. The molecule has 2 aromatic carbocycles. The Hall–Kier alpha value is -2.37. The van der Waals surface area contributed by atoms with Gasteiger partial charge >= 0.3 is 0 Å². The van der Waals surface area contributed by atoms with Crippen molar-refractivity contribution < 1.29 is 0 Å². The summed E-state index contributed by atoms with van der Waals surface area (Å²) in [6.07, 6.45) is 6.90. The summed E-state index contributed by atoms with van der Waals surface area (Å²) in [7, 11) is 4.06. The standard InChI is InChI=1S/C25H32ClN5/c1-31(2)24-22-7-3-4-8-23(22)29-25(30-24)28-21-15-13-20(14-16-21)27-17-5-6-18-9-11-19(26)12-10-18/h3-4,7-12,20-21,27H,5-6,13-17H2,1-2H3,(H,28,29,30). The van der Waals surface area contributed by atoms with Crippen molar-refractivity contribution in [2.75, 3.05) is 30.9 Å². The van der Waals surface area contributed by atoms with Crippen molar-refractivity contribution in [3.8, 4) is 0 Å². The van der Waals surface area contributed by atoms with Crippen molar-refractivity contribution >= 4 is 34.3 Å². The molecular formula is C25H32ClN5. The van der Waals surface area contributed by atoms with Gasteiger partial charge in [-0.1, -0.05) is 35.9 Å². The number of fused-ring (bicyclic) bond motifs is 1. The molecule has 31 heavy (non-hydrogen) atoms. The lowest BCUT2D eigenvalue weighted by atomic mass is 9.91. The number of para-hydroxylation sites is 1. The zero-order valence-corrected chi connectivity index (χ0v) is 19.2. The summed E-state index contributed by atoms with van der Waals surface area (Å²) in [6, 6.07) is 17.4. The van der Waals surface area contributed by atoms with Gasteiger partial charge in [0.15, 0.2) is 0 Å². The van der Waals surface area contributed by atoms with E-state index in [9.17, 15) is 0 Å². The zero-order valence-electron chi connectivity index (χ0n) is 18.4. The Kier molecular flexibility index (Phi) is 7.25. The maximum atomic E-state index is 5.96. The Labute approximate surface area is 190 Å². The van der Waals surface area contributed by atoms with Crippen LogP contribution in [0.15, 0.2) is 48.5 Å². The second kappa shape index (κ2) is 10.3. The van der Waals surface area contributed by atoms with Crippen molar-refractivity contribution in [3.05, 3.63) is 59.1 Å². The molecule has 1 heterocycles. The molecule has 3 aromatic rings. The van der Waals surface area contributed by atoms with Gasteiger partial charge in [0.1, 0.15) is 5.82 Å². The highest BCUT2D eigenvalue weighted by Crippen LogP contribution is 2.26. The van der Waals surface area contributed by atoms with E-state index < -0.39 is 0 Å². The molecule has 0 saturated heterocycles. The fraction of sp³-hybridized carbons (Fsp3) is 0.440. The molecular weight excluding hydrogens is 406 g/mol. The quantitative estimate of drug-likeness (QED) is 0.468. The summed E-state index contributed by atoms with van der Waals surface area (Å²) in [5.41, 5.74) is 2.34. The van der Waals surface area contributed by atoms with Crippen LogP contribution in [0.2, 0.25) is 5.02 Å². The number of hydrogen-bond donors (Lipinski definition) is 2.